The molecule has 0 amide bonds. The Balaban J connectivity index is 1.27. The summed E-state index contributed by atoms with van der Waals surface area (Å²) in [6, 6.07) is 12.5. The summed E-state index contributed by atoms with van der Waals surface area (Å²) in [4.78, 5) is 25.6. The smallest absolute Gasteiger partial charge is 0.302 e. The number of likely N-dealkylation sites (tertiary alicyclic amines) is 1. The normalized spacial score (nSPS) is 17.0. The van der Waals surface area contributed by atoms with E-state index in [0.29, 0.717) is 22.7 Å². The molecule has 0 saturated carbocycles. The van der Waals surface area contributed by atoms with Gasteiger partial charge in [-0.3, -0.25) is 24.3 Å². The minimum absolute atomic E-state index is 0.132. The number of ether oxygens (including phenoxy) is 1. The third-order valence-corrected chi connectivity index (χ3v) is 5.15. The number of nitrogens with zero attached hydrogens (tertiary/aromatic N) is 5. The minimum atomic E-state index is -0.257. The van der Waals surface area contributed by atoms with Crippen molar-refractivity contribution in [2.75, 3.05) is 13.1 Å². The second-order valence-corrected chi connectivity index (χ2v) is 7.19. The number of benzene rings is 1. The largest absolute Gasteiger partial charge is 0.422 e. The number of hydrogen-bond acceptors (Lipinski definition) is 6. The molecule has 0 aliphatic carbocycles. The summed E-state index contributed by atoms with van der Waals surface area (Å²) in [6.45, 7) is 2.91. The van der Waals surface area contributed by atoms with Gasteiger partial charge in [0.15, 0.2) is 5.75 Å². The van der Waals surface area contributed by atoms with Crippen LogP contribution >= 0.6 is 0 Å². The van der Waals surface area contributed by atoms with E-state index >= 15 is 0 Å². The molecule has 5 rings (SSSR count). The lowest BCUT2D eigenvalue weighted by atomic mass is 10.2. The molecular formula is C21H20N6O2. The minimum Gasteiger partial charge on any atom is -0.422 e. The molecule has 29 heavy (non-hydrogen) atoms. The average molecular weight is 388 g/mol. The van der Waals surface area contributed by atoms with Gasteiger partial charge in [-0.1, -0.05) is 30.3 Å². The molecule has 1 fully saturated rings. The first-order valence-corrected chi connectivity index (χ1v) is 9.57. The van der Waals surface area contributed by atoms with E-state index < -0.39 is 0 Å². The molecule has 0 spiro atoms. The highest BCUT2D eigenvalue weighted by molar-refractivity contribution is 5.76. The maximum Gasteiger partial charge on any atom is 0.302 e. The van der Waals surface area contributed by atoms with Gasteiger partial charge in [-0.25, -0.2) is 0 Å². The molecule has 1 aliphatic rings. The second kappa shape index (κ2) is 7.48. The van der Waals surface area contributed by atoms with Crippen molar-refractivity contribution in [1.29, 1.82) is 0 Å². The summed E-state index contributed by atoms with van der Waals surface area (Å²) in [6.07, 6.45) is 7.63. The zero-order valence-corrected chi connectivity index (χ0v) is 15.7. The molecule has 8 heteroatoms. The number of aromatic amines is 1. The molecule has 4 heterocycles. The zero-order valence-electron chi connectivity index (χ0n) is 15.7. The first-order valence-electron chi connectivity index (χ1n) is 9.57. The average Bonchev–Trinajstić information content (AvgIpc) is 3.38. The summed E-state index contributed by atoms with van der Waals surface area (Å²) in [7, 11) is 0. The Hall–Kier alpha value is -3.52. The Morgan fingerprint density at radius 3 is 2.97 bits per heavy atom. The molecule has 146 valence electrons. The van der Waals surface area contributed by atoms with E-state index in [1.54, 1.807) is 24.7 Å². The Labute approximate surface area is 166 Å². The van der Waals surface area contributed by atoms with E-state index in [0.717, 1.165) is 26.1 Å². The highest BCUT2D eigenvalue weighted by atomic mass is 16.5. The monoisotopic (exact) mass is 388 g/mol. The summed E-state index contributed by atoms with van der Waals surface area (Å²) in [5.41, 5.74) is 1.55. The maximum atomic E-state index is 12.2. The second-order valence-electron chi connectivity index (χ2n) is 7.19. The van der Waals surface area contributed by atoms with Gasteiger partial charge in [0.2, 0.25) is 0 Å². The number of pyridine rings is 1. The Bertz CT molecular complexity index is 1190. The van der Waals surface area contributed by atoms with Crippen molar-refractivity contribution >= 4 is 10.9 Å². The van der Waals surface area contributed by atoms with E-state index in [1.165, 1.54) is 5.56 Å². The van der Waals surface area contributed by atoms with E-state index in [2.05, 4.69) is 49.2 Å². The third kappa shape index (κ3) is 3.74. The van der Waals surface area contributed by atoms with Crippen molar-refractivity contribution in [2.24, 2.45) is 0 Å². The van der Waals surface area contributed by atoms with Crippen LogP contribution in [0.3, 0.4) is 0 Å². The van der Waals surface area contributed by atoms with Crippen LogP contribution in [0.25, 0.3) is 10.9 Å². The van der Waals surface area contributed by atoms with Gasteiger partial charge >= 0.3 is 6.01 Å². The number of nitrogens with one attached hydrogen (secondary N) is 1. The van der Waals surface area contributed by atoms with Crippen molar-refractivity contribution in [3.05, 3.63) is 77.1 Å². The summed E-state index contributed by atoms with van der Waals surface area (Å²) < 4.78 is 7.67. The quantitative estimate of drug-likeness (QED) is 0.566. The molecule has 0 bridgehead atoms. The van der Waals surface area contributed by atoms with Gasteiger partial charge in [-0.2, -0.15) is 10.1 Å². The van der Waals surface area contributed by atoms with Crippen molar-refractivity contribution in [1.82, 2.24) is 29.6 Å². The summed E-state index contributed by atoms with van der Waals surface area (Å²) in [5, 5.41) is 4.93. The van der Waals surface area contributed by atoms with Crippen LogP contribution in [0, 0.1) is 0 Å². The molecule has 1 atom stereocenters. The van der Waals surface area contributed by atoms with Crippen LogP contribution in [0.15, 0.2) is 66.0 Å². The number of hydrogen-bond donors (Lipinski definition) is 1. The van der Waals surface area contributed by atoms with Crippen LogP contribution in [0.5, 0.6) is 11.8 Å². The lowest BCUT2D eigenvalue weighted by Crippen LogP contribution is -2.21. The fourth-order valence-corrected chi connectivity index (χ4v) is 3.72. The molecule has 3 aromatic heterocycles. The number of H-pyrrole nitrogens is 1. The van der Waals surface area contributed by atoms with Gasteiger partial charge < -0.3 is 4.74 Å². The van der Waals surface area contributed by atoms with E-state index in [1.807, 2.05) is 16.9 Å². The van der Waals surface area contributed by atoms with Crippen molar-refractivity contribution in [3.8, 4) is 11.8 Å². The molecule has 8 nitrogen and oxygen atoms in total. The predicted octanol–water partition coefficient (Wildman–Crippen LogP) is 2.75. The molecule has 0 radical (unpaired) electrons. The Morgan fingerprint density at radius 2 is 2.07 bits per heavy atom. The van der Waals surface area contributed by atoms with Gasteiger partial charge in [-0.05, 0) is 18.1 Å². The van der Waals surface area contributed by atoms with Crippen molar-refractivity contribution in [2.45, 2.75) is 19.0 Å². The predicted molar refractivity (Wildman–Crippen MR) is 108 cm³/mol. The molecule has 0 unspecified atom stereocenters. The third-order valence-electron chi connectivity index (χ3n) is 5.15. The summed E-state index contributed by atoms with van der Waals surface area (Å²) >= 11 is 0. The molecule has 1 N–H and O–H groups in total. The lowest BCUT2D eigenvalue weighted by Gasteiger charge is -2.16. The summed E-state index contributed by atoms with van der Waals surface area (Å²) in [5.74, 6) is 0.540. The Morgan fingerprint density at radius 1 is 1.17 bits per heavy atom. The van der Waals surface area contributed by atoms with E-state index in [-0.39, 0.29) is 11.6 Å². The highest BCUT2D eigenvalue weighted by Crippen LogP contribution is 2.25. The number of aromatic nitrogens is 5. The Kier molecular flexibility index (Phi) is 4.53. The SMILES string of the molecule is O=c1[nH]c(Oc2cnn([C@@H]3CCN(Cc4ccccc4)C3)c2)nc2cnccc12. The molecular weight excluding hydrogens is 368 g/mol. The van der Waals surface area contributed by atoms with Gasteiger partial charge in [0.1, 0.15) is 0 Å². The van der Waals surface area contributed by atoms with Gasteiger partial charge in [0, 0.05) is 25.8 Å². The van der Waals surface area contributed by atoms with Crippen LogP contribution in [-0.4, -0.2) is 42.7 Å². The molecule has 1 aromatic carbocycles. The topological polar surface area (TPSA) is 88.9 Å². The molecule has 1 aliphatic heterocycles. The number of rotatable bonds is 5. The zero-order chi connectivity index (χ0) is 19.6. The van der Waals surface area contributed by atoms with Gasteiger partial charge in [0.25, 0.3) is 5.56 Å². The van der Waals surface area contributed by atoms with Crippen LogP contribution in [-0.2, 0) is 6.54 Å². The van der Waals surface area contributed by atoms with Crippen LogP contribution in [0.2, 0.25) is 0 Å². The first-order chi connectivity index (χ1) is 14.2. The molecule has 1 saturated heterocycles. The highest BCUT2D eigenvalue weighted by Gasteiger charge is 2.24. The van der Waals surface area contributed by atoms with Crippen LogP contribution in [0.4, 0.5) is 0 Å². The van der Waals surface area contributed by atoms with Crippen LogP contribution < -0.4 is 10.3 Å². The standard InChI is InChI=1S/C21H20N6O2/c28-20-18-6-8-22-11-19(18)24-21(25-20)29-17-10-23-27(14-17)16-7-9-26(13-16)12-15-4-2-1-3-5-15/h1-6,8,10-11,14,16H,7,9,12-13H2,(H,24,25,28)/t16-/m1/s1. The van der Waals surface area contributed by atoms with E-state index in [9.17, 15) is 4.79 Å². The van der Waals surface area contributed by atoms with Crippen molar-refractivity contribution < 1.29 is 4.74 Å². The number of fused-ring (bicyclic) bond motifs is 1. The molecule has 4 aromatic rings. The fourth-order valence-electron chi connectivity index (χ4n) is 3.72. The maximum absolute atomic E-state index is 12.2. The lowest BCUT2D eigenvalue weighted by molar-refractivity contribution is 0.311. The first kappa shape index (κ1) is 17.6. The van der Waals surface area contributed by atoms with Gasteiger partial charge in [0.05, 0.1) is 35.5 Å². The van der Waals surface area contributed by atoms with Crippen LogP contribution in [0.1, 0.15) is 18.0 Å². The van der Waals surface area contributed by atoms with Crippen molar-refractivity contribution in [3.63, 3.8) is 0 Å². The van der Waals surface area contributed by atoms with E-state index in [4.69, 9.17) is 4.74 Å². The van der Waals surface area contributed by atoms with Gasteiger partial charge in [-0.15, -0.1) is 0 Å². The fraction of sp³-hybridized carbons (Fsp3) is 0.238.